The molecular weight excluding hydrogens is 344 g/mol. The van der Waals surface area contributed by atoms with Crippen LogP contribution in [-0.2, 0) is 6.54 Å². The molecule has 4 rings (SSSR count). The van der Waals surface area contributed by atoms with Crippen molar-refractivity contribution < 1.29 is 14.6 Å². The van der Waals surface area contributed by atoms with Crippen LogP contribution < -0.4 is 4.74 Å². The number of para-hydroxylation sites is 1. The molecule has 0 bridgehead atoms. The van der Waals surface area contributed by atoms with Gasteiger partial charge in [0.1, 0.15) is 5.75 Å². The van der Waals surface area contributed by atoms with Crippen LogP contribution in [0.4, 0.5) is 0 Å². The summed E-state index contributed by atoms with van der Waals surface area (Å²) in [5.74, 6) is -0.404. The third-order valence-corrected chi connectivity index (χ3v) is 4.28. The average Bonchev–Trinajstić information content (AvgIpc) is 3.10. The molecule has 0 atom stereocenters. The number of hydrogen-bond acceptors (Lipinski definition) is 5. The van der Waals surface area contributed by atoms with Gasteiger partial charge in [-0.15, -0.1) is 0 Å². The van der Waals surface area contributed by atoms with Gasteiger partial charge < -0.3 is 9.84 Å². The summed E-state index contributed by atoms with van der Waals surface area (Å²) in [5, 5.41) is 14.5. The lowest BCUT2D eigenvalue weighted by Crippen LogP contribution is -2.05. The molecule has 3 aromatic heterocycles. The fourth-order valence-electron chi connectivity index (χ4n) is 3.00. The highest BCUT2D eigenvalue weighted by Crippen LogP contribution is 2.31. The molecule has 0 saturated carbocycles. The Morgan fingerprint density at radius 2 is 2.04 bits per heavy atom. The first-order valence-electron chi connectivity index (χ1n) is 8.29. The van der Waals surface area contributed by atoms with Crippen molar-refractivity contribution in [3.63, 3.8) is 0 Å². The Balaban J connectivity index is 1.91. The molecule has 0 fully saturated rings. The molecule has 0 radical (unpaired) electrons. The molecule has 0 unspecified atom stereocenters. The molecule has 3 heterocycles. The highest BCUT2D eigenvalue weighted by atomic mass is 16.5. The van der Waals surface area contributed by atoms with E-state index in [0.29, 0.717) is 29.0 Å². The Kier molecular flexibility index (Phi) is 4.25. The molecule has 0 aliphatic carbocycles. The van der Waals surface area contributed by atoms with E-state index in [1.807, 2.05) is 36.4 Å². The summed E-state index contributed by atoms with van der Waals surface area (Å²) >= 11 is 0. The molecule has 0 aliphatic heterocycles. The number of hydrogen-bond donors (Lipinski definition) is 1. The van der Waals surface area contributed by atoms with E-state index in [2.05, 4.69) is 15.1 Å². The van der Waals surface area contributed by atoms with Gasteiger partial charge in [-0.05, 0) is 29.8 Å². The van der Waals surface area contributed by atoms with Gasteiger partial charge in [-0.25, -0.2) is 14.5 Å². The number of aromatic carboxylic acids is 1. The summed E-state index contributed by atoms with van der Waals surface area (Å²) in [6.07, 6.45) is 4.98. The molecule has 0 aliphatic rings. The van der Waals surface area contributed by atoms with Crippen molar-refractivity contribution in [3.05, 3.63) is 72.2 Å². The van der Waals surface area contributed by atoms with Crippen LogP contribution in [0.3, 0.4) is 0 Å². The Bertz CT molecular complexity index is 1120. The topological polar surface area (TPSA) is 90.1 Å². The molecule has 1 aromatic carbocycles. The van der Waals surface area contributed by atoms with Crippen LogP contribution in [0.15, 0.2) is 61.1 Å². The lowest BCUT2D eigenvalue weighted by molar-refractivity contribution is 0.0699. The zero-order chi connectivity index (χ0) is 18.8. The number of aromatic nitrogens is 4. The highest BCUT2D eigenvalue weighted by Gasteiger charge is 2.18. The number of carboxylic acid groups (broad SMARTS) is 1. The molecule has 7 nitrogen and oxygen atoms in total. The number of methoxy groups -OCH3 is 1. The number of carbonyl (C=O) groups is 1. The second-order valence-electron chi connectivity index (χ2n) is 5.96. The lowest BCUT2D eigenvalue weighted by atomic mass is 10.1. The third-order valence-electron chi connectivity index (χ3n) is 4.28. The maximum absolute atomic E-state index is 11.8. The fraction of sp³-hybridized carbons (Fsp3) is 0.100. The lowest BCUT2D eigenvalue weighted by Gasteiger charge is -2.10. The summed E-state index contributed by atoms with van der Waals surface area (Å²) in [7, 11) is 1.57. The first-order chi connectivity index (χ1) is 13.2. The maximum Gasteiger partial charge on any atom is 0.336 e. The molecule has 0 spiro atoms. The number of nitrogens with zero attached hydrogens (tertiary/aromatic N) is 4. The van der Waals surface area contributed by atoms with E-state index in [0.717, 1.165) is 11.1 Å². The molecule has 134 valence electrons. The normalized spacial score (nSPS) is 10.9. The Morgan fingerprint density at radius 3 is 2.78 bits per heavy atom. The Morgan fingerprint density at radius 1 is 1.19 bits per heavy atom. The zero-order valence-corrected chi connectivity index (χ0v) is 14.5. The first-order valence-corrected chi connectivity index (χ1v) is 8.29. The molecule has 4 aromatic rings. The molecule has 0 amide bonds. The first kappa shape index (κ1) is 16.7. The van der Waals surface area contributed by atoms with Crippen LogP contribution in [0.5, 0.6) is 5.75 Å². The fourth-order valence-corrected chi connectivity index (χ4v) is 3.00. The van der Waals surface area contributed by atoms with Crippen molar-refractivity contribution in [1.29, 1.82) is 0 Å². The molecule has 0 saturated heterocycles. The second-order valence-corrected chi connectivity index (χ2v) is 5.96. The third kappa shape index (κ3) is 3.10. The largest absolute Gasteiger partial charge is 0.496 e. The van der Waals surface area contributed by atoms with Crippen molar-refractivity contribution in [2.24, 2.45) is 0 Å². The van der Waals surface area contributed by atoms with Gasteiger partial charge in [0.2, 0.25) is 0 Å². The van der Waals surface area contributed by atoms with Gasteiger partial charge >= 0.3 is 5.97 Å². The minimum Gasteiger partial charge on any atom is -0.496 e. The number of ether oxygens (including phenoxy) is 1. The number of benzene rings is 1. The Labute approximate surface area is 154 Å². The number of carboxylic acids is 1. The number of rotatable bonds is 5. The van der Waals surface area contributed by atoms with Gasteiger partial charge in [0, 0.05) is 18.0 Å². The van der Waals surface area contributed by atoms with E-state index in [-0.39, 0.29) is 5.56 Å². The van der Waals surface area contributed by atoms with Crippen molar-refractivity contribution in [3.8, 4) is 17.0 Å². The minimum absolute atomic E-state index is 0.151. The quantitative estimate of drug-likeness (QED) is 0.587. The number of pyridine rings is 2. The standard InChI is InChI=1S/C20H16N4O3/c1-27-18-7-3-2-6-14(18)17-9-15(20(25)26)16-11-22-24(19(16)23-17)12-13-5-4-8-21-10-13/h2-11H,12H2,1H3,(H,25,26). The van der Waals surface area contributed by atoms with E-state index in [1.54, 1.807) is 30.3 Å². The van der Waals surface area contributed by atoms with E-state index in [4.69, 9.17) is 4.74 Å². The van der Waals surface area contributed by atoms with E-state index in [1.165, 1.54) is 6.20 Å². The van der Waals surface area contributed by atoms with Crippen molar-refractivity contribution in [2.45, 2.75) is 6.54 Å². The van der Waals surface area contributed by atoms with Crippen LogP contribution in [0.25, 0.3) is 22.3 Å². The van der Waals surface area contributed by atoms with E-state index in [9.17, 15) is 9.90 Å². The van der Waals surface area contributed by atoms with Gasteiger partial charge in [-0.3, -0.25) is 4.98 Å². The summed E-state index contributed by atoms with van der Waals surface area (Å²) < 4.78 is 7.08. The van der Waals surface area contributed by atoms with E-state index < -0.39 is 5.97 Å². The van der Waals surface area contributed by atoms with Gasteiger partial charge in [0.15, 0.2) is 5.65 Å². The van der Waals surface area contributed by atoms with Crippen molar-refractivity contribution in [2.75, 3.05) is 7.11 Å². The van der Waals surface area contributed by atoms with Crippen LogP contribution in [0.1, 0.15) is 15.9 Å². The number of fused-ring (bicyclic) bond motifs is 1. The minimum atomic E-state index is -1.03. The van der Waals surface area contributed by atoms with Gasteiger partial charge in [-0.2, -0.15) is 5.10 Å². The van der Waals surface area contributed by atoms with Gasteiger partial charge in [0.25, 0.3) is 0 Å². The summed E-state index contributed by atoms with van der Waals surface area (Å²) in [5.41, 5.74) is 2.84. The van der Waals surface area contributed by atoms with Crippen molar-refractivity contribution in [1.82, 2.24) is 19.7 Å². The molecule has 7 heteroatoms. The molecular formula is C20H16N4O3. The molecule has 27 heavy (non-hydrogen) atoms. The zero-order valence-electron chi connectivity index (χ0n) is 14.5. The predicted molar refractivity (Wildman–Crippen MR) is 99.8 cm³/mol. The van der Waals surface area contributed by atoms with Crippen LogP contribution in [-0.4, -0.2) is 37.9 Å². The van der Waals surface area contributed by atoms with Crippen LogP contribution in [0.2, 0.25) is 0 Å². The predicted octanol–water partition coefficient (Wildman–Crippen LogP) is 3.25. The smallest absolute Gasteiger partial charge is 0.336 e. The van der Waals surface area contributed by atoms with Gasteiger partial charge in [0.05, 0.1) is 36.5 Å². The summed E-state index contributed by atoms with van der Waals surface area (Å²) in [6.45, 7) is 0.443. The second kappa shape index (κ2) is 6.87. The summed E-state index contributed by atoms with van der Waals surface area (Å²) in [4.78, 5) is 20.6. The monoisotopic (exact) mass is 360 g/mol. The van der Waals surface area contributed by atoms with E-state index >= 15 is 0 Å². The van der Waals surface area contributed by atoms with Crippen LogP contribution >= 0.6 is 0 Å². The van der Waals surface area contributed by atoms with Gasteiger partial charge in [-0.1, -0.05) is 18.2 Å². The molecule has 1 N–H and O–H groups in total. The maximum atomic E-state index is 11.8. The van der Waals surface area contributed by atoms with Crippen LogP contribution in [0, 0.1) is 0 Å². The average molecular weight is 360 g/mol. The SMILES string of the molecule is COc1ccccc1-c1cc(C(=O)O)c2cnn(Cc3cccnc3)c2n1. The van der Waals surface area contributed by atoms with Crippen molar-refractivity contribution >= 4 is 17.0 Å². The highest BCUT2D eigenvalue weighted by molar-refractivity contribution is 6.03. The summed E-state index contributed by atoms with van der Waals surface area (Å²) in [6, 6.07) is 12.7. The Hall–Kier alpha value is -3.74.